The molecule has 0 aliphatic rings. The van der Waals surface area contributed by atoms with Crippen LogP contribution in [0.25, 0.3) is 0 Å². The van der Waals surface area contributed by atoms with Crippen LogP contribution in [0.4, 0.5) is 0 Å². The number of hydrogen-bond acceptors (Lipinski definition) is 3. The minimum Gasteiger partial charge on any atom is -0.390 e. The molecule has 0 heterocycles. The van der Waals surface area contributed by atoms with Gasteiger partial charge in [-0.15, -0.1) is 0 Å². The number of thioether (sulfide) groups is 1. The van der Waals surface area contributed by atoms with Gasteiger partial charge < -0.3 is 10.2 Å². The quantitative estimate of drug-likeness (QED) is 0.643. The van der Waals surface area contributed by atoms with Gasteiger partial charge in [0.15, 0.2) is 0 Å². The summed E-state index contributed by atoms with van der Waals surface area (Å²) < 4.78 is 0. The Bertz CT molecular complexity index is 88.2. The van der Waals surface area contributed by atoms with Gasteiger partial charge in [0.2, 0.25) is 0 Å². The van der Waals surface area contributed by atoms with E-state index in [-0.39, 0.29) is 0 Å². The molecule has 3 heteroatoms. The van der Waals surface area contributed by atoms with E-state index in [1.807, 2.05) is 6.26 Å². The van der Waals surface area contributed by atoms with Crippen LogP contribution in [0.15, 0.2) is 0 Å². The van der Waals surface area contributed by atoms with Crippen LogP contribution in [0.5, 0.6) is 0 Å². The molecule has 0 rings (SSSR count). The van der Waals surface area contributed by atoms with E-state index >= 15 is 0 Å². The van der Waals surface area contributed by atoms with Crippen molar-refractivity contribution in [1.29, 1.82) is 0 Å². The summed E-state index contributed by atoms with van der Waals surface area (Å²) in [7, 11) is 0. The van der Waals surface area contributed by atoms with Crippen LogP contribution in [0, 0.1) is 0 Å². The highest BCUT2D eigenvalue weighted by Crippen LogP contribution is 2.08. The summed E-state index contributed by atoms with van der Waals surface area (Å²) in [6, 6.07) is 0. The summed E-state index contributed by atoms with van der Waals surface area (Å²) in [5.41, 5.74) is 0. The third-order valence-electron chi connectivity index (χ3n) is 1.64. The minimum atomic E-state index is -0.545. The summed E-state index contributed by atoms with van der Waals surface area (Å²) >= 11 is 1.56. The largest absolute Gasteiger partial charge is 0.390 e. The van der Waals surface area contributed by atoms with Gasteiger partial charge in [-0.25, -0.2) is 0 Å². The molecule has 0 aromatic rings. The van der Waals surface area contributed by atoms with Crippen LogP contribution in [0.1, 0.15) is 26.2 Å². The average molecular weight is 178 g/mol. The molecular formula is C8H18O2S. The molecule has 2 atom stereocenters. The molecule has 0 spiro atoms. The summed E-state index contributed by atoms with van der Waals surface area (Å²) in [6.45, 7) is 2.08. The zero-order valence-electron chi connectivity index (χ0n) is 7.29. The summed E-state index contributed by atoms with van der Waals surface area (Å²) in [5.74, 6) is 0.630. The number of aliphatic hydroxyl groups is 2. The molecule has 0 saturated carbocycles. The van der Waals surface area contributed by atoms with Crippen molar-refractivity contribution >= 4 is 11.8 Å². The molecule has 2 N–H and O–H groups in total. The van der Waals surface area contributed by atoms with Crippen molar-refractivity contribution in [3.8, 4) is 0 Å². The zero-order valence-corrected chi connectivity index (χ0v) is 8.10. The number of unbranched alkanes of at least 4 members (excludes halogenated alkanes) is 1. The SMILES string of the molecule is CCCCC(O)C(O)CSC. The molecule has 0 bridgehead atoms. The maximum Gasteiger partial charge on any atom is 0.0889 e. The fourth-order valence-electron chi connectivity index (χ4n) is 0.887. The van der Waals surface area contributed by atoms with E-state index in [0.29, 0.717) is 5.75 Å². The average Bonchev–Trinajstić information content (AvgIpc) is 2.00. The van der Waals surface area contributed by atoms with Crippen molar-refractivity contribution < 1.29 is 10.2 Å². The van der Waals surface area contributed by atoms with E-state index in [4.69, 9.17) is 0 Å². The van der Waals surface area contributed by atoms with Crippen LogP contribution in [-0.2, 0) is 0 Å². The molecule has 0 saturated heterocycles. The molecule has 0 aliphatic carbocycles. The minimum absolute atomic E-state index is 0.526. The van der Waals surface area contributed by atoms with Gasteiger partial charge in [0.25, 0.3) is 0 Å². The Labute approximate surface area is 73.0 Å². The Morgan fingerprint density at radius 2 is 1.91 bits per heavy atom. The Hall–Kier alpha value is 0.270. The zero-order chi connectivity index (χ0) is 8.69. The van der Waals surface area contributed by atoms with E-state index in [0.717, 1.165) is 19.3 Å². The van der Waals surface area contributed by atoms with Gasteiger partial charge in [-0.2, -0.15) is 11.8 Å². The molecule has 11 heavy (non-hydrogen) atoms. The van der Waals surface area contributed by atoms with Gasteiger partial charge >= 0.3 is 0 Å². The van der Waals surface area contributed by atoms with Gasteiger partial charge in [-0.3, -0.25) is 0 Å². The Kier molecular flexibility index (Phi) is 7.12. The third-order valence-corrected chi connectivity index (χ3v) is 2.31. The van der Waals surface area contributed by atoms with Gasteiger partial charge in [0, 0.05) is 5.75 Å². The van der Waals surface area contributed by atoms with E-state index in [1.54, 1.807) is 11.8 Å². The Balaban J connectivity index is 3.38. The molecule has 0 aromatic heterocycles. The standard InChI is InChI=1S/C8H18O2S/c1-3-4-5-7(9)8(10)6-11-2/h7-10H,3-6H2,1-2H3. The van der Waals surface area contributed by atoms with Crippen LogP contribution in [-0.4, -0.2) is 34.4 Å². The Morgan fingerprint density at radius 3 is 2.36 bits per heavy atom. The summed E-state index contributed by atoms with van der Waals surface area (Å²) in [6.07, 6.45) is 3.64. The second kappa shape index (κ2) is 6.95. The molecule has 0 radical (unpaired) electrons. The highest BCUT2D eigenvalue weighted by molar-refractivity contribution is 7.98. The fourth-order valence-corrected chi connectivity index (χ4v) is 1.45. The van der Waals surface area contributed by atoms with Gasteiger partial charge in [0.05, 0.1) is 12.2 Å². The van der Waals surface area contributed by atoms with Gasteiger partial charge in [-0.05, 0) is 12.7 Å². The van der Waals surface area contributed by atoms with Crippen LogP contribution in [0.2, 0.25) is 0 Å². The van der Waals surface area contributed by atoms with Crippen molar-refractivity contribution in [3.63, 3.8) is 0 Å². The third kappa shape index (κ3) is 5.53. The molecule has 0 amide bonds. The smallest absolute Gasteiger partial charge is 0.0889 e. The molecular weight excluding hydrogens is 160 g/mol. The lowest BCUT2D eigenvalue weighted by Crippen LogP contribution is -2.27. The lowest BCUT2D eigenvalue weighted by atomic mass is 10.1. The first kappa shape index (κ1) is 11.3. The first-order valence-corrected chi connectivity index (χ1v) is 5.46. The maximum atomic E-state index is 9.32. The topological polar surface area (TPSA) is 40.5 Å². The molecule has 0 aliphatic heterocycles. The molecule has 2 nitrogen and oxygen atoms in total. The maximum absolute atomic E-state index is 9.32. The monoisotopic (exact) mass is 178 g/mol. The van der Waals surface area contributed by atoms with Crippen molar-refractivity contribution in [2.45, 2.75) is 38.4 Å². The normalized spacial score (nSPS) is 16.4. The first-order valence-electron chi connectivity index (χ1n) is 4.07. The predicted octanol–water partition coefficient (Wildman–Crippen LogP) is 1.26. The van der Waals surface area contributed by atoms with Crippen molar-refractivity contribution in [1.82, 2.24) is 0 Å². The molecule has 0 aromatic carbocycles. The summed E-state index contributed by atoms with van der Waals surface area (Å²) in [4.78, 5) is 0. The summed E-state index contributed by atoms with van der Waals surface area (Å²) in [5, 5.41) is 18.6. The first-order chi connectivity index (χ1) is 5.22. The second-order valence-corrected chi connectivity index (χ2v) is 3.64. The lowest BCUT2D eigenvalue weighted by Gasteiger charge is -2.15. The van der Waals surface area contributed by atoms with Gasteiger partial charge in [-0.1, -0.05) is 19.8 Å². The highest BCUT2D eigenvalue weighted by atomic mass is 32.2. The number of hydrogen-bond donors (Lipinski definition) is 2. The lowest BCUT2D eigenvalue weighted by molar-refractivity contribution is 0.0279. The van der Waals surface area contributed by atoms with E-state index < -0.39 is 12.2 Å². The van der Waals surface area contributed by atoms with E-state index in [2.05, 4.69) is 6.92 Å². The van der Waals surface area contributed by atoms with Crippen LogP contribution in [0.3, 0.4) is 0 Å². The van der Waals surface area contributed by atoms with Crippen molar-refractivity contribution in [2.75, 3.05) is 12.0 Å². The molecule has 68 valence electrons. The van der Waals surface area contributed by atoms with Crippen molar-refractivity contribution in [2.24, 2.45) is 0 Å². The fraction of sp³-hybridized carbons (Fsp3) is 1.00. The van der Waals surface area contributed by atoms with E-state index in [1.165, 1.54) is 0 Å². The van der Waals surface area contributed by atoms with Crippen molar-refractivity contribution in [3.05, 3.63) is 0 Å². The predicted molar refractivity (Wildman–Crippen MR) is 49.9 cm³/mol. The van der Waals surface area contributed by atoms with Crippen LogP contribution < -0.4 is 0 Å². The molecule has 0 fully saturated rings. The van der Waals surface area contributed by atoms with E-state index in [9.17, 15) is 10.2 Å². The highest BCUT2D eigenvalue weighted by Gasteiger charge is 2.13. The molecule has 2 unspecified atom stereocenters. The second-order valence-electron chi connectivity index (χ2n) is 2.73. The van der Waals surface area contributed by atoms with Crippen LogP contribution >= 0.6 is 11.8 Å². The number of aliphatic hydroxyl groups excluding tert-OH is 2. The Morgan fingerprint density at radius 1 is 1.27 bits per heavy atom. The number of rotatable bonds is 6. The van der Waals surface area contributed by atoms with Gasteiger partial charge in [0.1, 0.15) is 0 Å².